The Morgan fingerprint density at radius 3 is 1.56 bits per heavy atom. The molecule has 0 N–H and O–H groups in total. The van der Waals surface area contributed by atoms with Crippen molar-refractivity contribution in [3.05, 3.63) is 169 Å². The van der Waals surface area contributed by atoms with Crippen LogP contribution in [0.15, 0.2) is 174 Å². The minimum atomic E-state index is -0.738. The number of hydrogen-bond acceptors (Lipinski definition) is 1. The molecule has 8 aromatic carbocycles. The summed E-state index contributed by atoms with van der Waals surface area (Å²) >= 11 is 0. The van der Waals surface area contributed by atoms with E-state index >= 15 is 0 Å². The maximum Gasteiger partial charge on any atom is 0.143 e. The second kappa shape index (κ2) is 10.4. The highest BCUT2D eigenvalue weighted by molar-refractivity contribution is 6.23. The first-order chi connectivity index (χ1) is 30.7. The van der Waals surface area contributed by atoms with Crippen molar-refractivity contribution >= 4 is 43.5 Å². The Morgan fingerprint density at radius 1 is 0.378 bits per heavy atom. The van der Waals surface area contributed by atoms with Gasteiger partial charge in [-0.15, -0.1) is 0 Å². The third kappa shape index (κ3) is 4.09. The molecule has 0 atom stereocenters. The van der Waals surface area contributed by atoms with Gasteiger partial charge in [-0.1, -0.05) is 157 Å². The summed E-state index contributed by atoms with van der Waals surface area (Å²) in [7, 11) is 0. The van der Waals surface area contributed by atoms with E-state index in [-0.39, 0.29) is 60.1 Å². The minimum Gasteiger partial charge on any atom is -0.455 e. The molecular formula is C44H28O. The first-order valence-electron chi connectivity index (χ1n) is 23.8. The van der Waals surface area contributed by atoms with Crippen LogP contribution < -0.4 is 0 Å². The average Bonchev–Trinajstić information content (AvgIpc) is 3.70. The van der Waals surface area contributed by atoms with Gasteiger partial charge in [0.15, 0.2) is 0 Å². The SMILES string of the molecule is [2H]c1c([2H])c([2H])c(-c2c([2H])c([2H])c([2H])c([2H])c2-c2c3ccccc3c(-c3c([2H])c([2H])c4oc5c(-c6c([2H])c([2H])c([2H])c([2H])c6[2H])c([2H])c([2H])c([2H])c5c4c3[2H])c3ccccc23)c([2H])c1[2H]. The maximum atomic E-state index is 9.82. The molecule has 0 radical (unpaired) electrons. The van der Waals surface area contributed by atoms with Gasteiger partial charge in [-0.05, 0) is 72.6 Å². The van der Waals surface area contributed by atoms with Gasteiger partial charge < -0.3 is 4.42 Å². The molecule has 0 aliphatic carbocycles. The smallest absolute Gasteiger partial charge is 0.143 e. The molecule has 1 aromatic heterocycles. The lowest BCUT2D eigenvalue weighted by atomic mass is 9.83. The van der Waals surface area contributed by atoms with Crippen LogP contribution in [0.2, 0.25) is 0 Å². The van der Waals surface area contributed by atoms with Crippen LogP contribution in [-0.4, -0.2) is 0 Å². The van der Waals surface area contributed by atoms with E-state index in [0.29, 0.717) is 0 Å². The molecule has 9 rings (SSSR count). The van der Waals surface area contributed by atoms with Crippen molar-refractivity contribution in [1.29, 1.82) is 0 Å². The molecule has 0 bridgehead atoms. The van der Waals surface area contributed by atoms with Gasteiger partial charge in [0.05, 0.1) is 27.4 Å². The molecule has 210 valence electrons. The van der Waals surface area contributed by atoms with Gasteiger partial charge in [-0.25, -0.2) is 0 Å². The summed E-state index contributed by atoms with van der Waals surface area (Å²) < 4.78 is 182. The molecule has 0 aliphatic rings. The molecule has 0 saturated carbocycles. The lowest BCUT2D eigenvalue weighted by Crippen LogP contribution is -1.92. The van der Waals surface area contributed by atoms with Crippen molar-refractivity contribution in [2.24, 2.45) is 0 Å². The van der Waals surface area contributed by atoms with Crippen molar-refractivity contribution in [1.82, 2.24) is 0 Å². The molecule has 1 heteroatoms. The Bertz CT molecular complexity index is 3550. The maximum absolute atomic E-state index is 9.82. The minimum absolute atomic E-state index is 0.159. The van der Waals surface area contributed by atoms with Gasteiger partial charge in [-0.2, -0.15) is 0 Å². The van der Waals surface area contributed by atoms with Crippen LogP contribution in [0.4, 0.5) is 0 Å². The largest absolute Gasteiger partial charge is 0.455 e. The van der Waals surface area contributed by atoms with Crippen LogP contribution in [0, 0.1) is 0 Å². The van der Waals surface area contributed by atoms with E-state index in [4.69, 9.17) is 26.3 Å². The number of hydrogen-bond donors (Lipinski definition) is 0. The van der Waals surface area contributed by atoms with E-state index in [2.05, 4.69) is 0 Å². The zero-order valence-electron chi connectivity index (χ0n) is 43.0. The van der Waals surface area contributed by atoms with E-state index in [9.17, 15) is 5.48 Å². The molecule has 0 aliphatic heterocycles. The predicted molar refractivity (Wildman–Crippen MR) is 190 cm³/mol. The van der Waals surface area contributed by atoms with Crippen molar-refractivity contribution < 1.29 is 31.8 Å². The van der Waals surface area contributed by atoms with Gasteiger partial charge in [0, 0.05) is 16.3 Å². The second-order valence-electron chi connectivity index (χ2n) is 10.1. The fourth-order valence-electron chi connectivity index (χ4n) is 5.83. The second-order valence-corrected chi connectivity index (χ2v) is 10.1. The van der Waals surface area contributed by atoms with E-state index in [1.54, 1.807) is 48.5 Å². The van der Waals surface area contributed by atoms with Crippen molar-refractivity contribution in [2.75, 3.05) is 0 Å². The topological polar surface area (TPSA) is 13.1 Å². The zero-order valence-corrected chi connectivity index (χ0v) is 23.0. The Hall–Kier alpha value is -5.92. The molecule has 0 amide bonds. The number of fused-ring (bicyclic) bond motifs is 5. The summed E-state index contributed by atoms with van der Waals surface area (Å²) in [6.45, 7) is 0. The summed E-state index contributed by atoms with van der Waals surface area (Å²) in [6.07, 6.45) is 0. The van der Waals surface area contributed by atoms with Crippen LogP contribution in [0.1, 0.15) is 27.4 Å². The highest BCUT2D eigenvalue weighted by Crippen LogP contribution is 2.47. The van der Waals surface area contributed by atoms with Gasteiger partial charge in [0.2, 0.25) is 0 Å². The monoisotopic (exact) mass is 592 g/mol. The van der Waals surface area contributed by atoms with Gasteiger partial charge in [0.25, 0.3) is 0 Å². The quantitative estimate of drug-likeness (QED) is 0.185. The fraction of sp³-hybridized carbons (Fsp3) is 0. The van der Waals surface area contributed by atoms with Gasteiger partial charge >= 0.3 is 0 Å². The molecule has 0 fully saturated rings. The molecule has 0 spiro atoms. The third-order valence-corrected chi connectivity index (χ3v) is 7.68. The summed E-state index contributed by atoms with van der Waals surface area (Å²) in [5, 5.41) is 0.611. The van der Waals surface area contributed by atoms with E-state index in [1.165, 1.54) is 0 Å². The van der Waals surface area contributed by atoms with Crippen LogP contribution in [0.5, 0.6) is 0 Å². The van der Waals surface area contributed by atoms with Crippen molar-refractivity contribution in [2.45, 2.75) is 0 Å². The van der Waals surface area contributed by atoms with Crippen LogP contribution in [0.25, 0.3) is 88.0 Å². The zero-order chi connectivity index (χ0) is 47.1. The summed E-state index contributed by atoms with van der Waals surface area (Å²) in [4.78, 5) is 0. The number of benzene rings is 8. The van der Waals surface area contributed by atoms with Crippen molar-refractivity contribution in [3.63, 3.8) is 0 Å². The first-order valence-corrected chi connectivity index (χ1v) is 13.8. The molecule has 0 saturated heterocycles. The molecule has 1 heterocycles. The normalized spacial score (nSPS) is 17.8. The molecular weight excluding hydrogens is 544 g/mol. The number of rotatable bonds is 4. The van der Waals surface area contributed by atoms with Crippen LogP contribution >= 0.6 is 0 Å². The van der Waals surface area contributed by atoms with E-state index in [1.807, 2.05) is 0 Å². The summed E-state index contributed by atoms with van der Waals surface area (Å²) in [5.74, 6) is 0. The fourth-order valence-corrected chi connectivity index (χ4v) is 5.83. The standard InChI is InChI=1S/C44H28O/c1-3-14-29(15-4-1)32-18-7-8-19-34(32)43-37-22-11-9-20-35(37)42(36-21-10-12-23-38(36)43)31-26-27-41-40(28-31)39-25-13-24-33(44(39)45-41)30-16-5-2-6-17-30/h1-28H/i1D,2D,3D,4D,5D,6D,7D,8D,13D,14D,15D,16D,17D,18D,19D,24D,25D,26D,27D,28D. The van der Waals surface area contributed by atoms with Crippen LogP contribution in [0.3, 0.4) is 0 Å². The highest BCUT2D eigenvalue weighted by atomic mass is 16.3. The lowest BCUT2D eigenvalue weighted by Gasteiger charge is -2.19. The first kappa shape index (κ1) is 12.6. The van der Waals surface area contributed by atoms with Gasteiger partial charge in [-0.3, -0.25) is 0 Å². The van der Waals surface area contributed by atoms with Gasteiger partial charge in [0.1, 0.15) is 11.2 Å². The molecule has 0 unspecified atom stereocenters. The lowest BCUT2D eigenvalue weighted by molar-refractivity contribution is 0.670. The Morgan fingerprint density at radius 2 is 0.911 bits per heavy atom. The predicted octanol–water partition coefficient (Wildman–Crippen LogP) is 12.6. The van der Waals surface area contributed by atoms with E-state index in [0.717, 1.165) is 0 Å². The number of para-hydroxylation sites is 1. The van der Waals surface area contributed by atoms with Crippen LogP contribution in [-0.2, 0) is 0 Å². The third-order valence-electron chi connectivity index (χ3n) is 7.68. The Labute approximate surface area is 289 Å². The Kier molecular flexibility index (Phi) is 2.90. The summed E-state index contributed by atoms with van der Waals surface area (Å²) in [5.41, 5.74) is -2.61. The highest BCUT2D eigenvalue weighted by Gasteiger charge is 2.20. The number of furan rings is 1. The average molecular weight is 593 g/mol. The van der Waals surface area contributed by atoms with E-state index < -0.39 is 149 Å². The summed E-state index contributed by atoms with van der Waals surface area (Å²) in [6, 6.07) is -0.506. The molecule has 45 heavy (non-hydrogen) atoms. The molecule has 9 aromatic rings. The van der Waals surface area contributed by atoms with Crippen molar-refractivity contribution in [3.8, 4) is 44.5 Å². The Balaban J connectivity index is 1.46. The molecule has 1 nitrogen and oxygen atoms in total.